The van der Waals surface area contributed by atoms with Crippen molar-refractivity contribution >= 4 is 20.9 Å². The van der Waals surface area contributed by atoms with Gasteiger partial charge in [0, 0.05) is 7.11 Å². The van der Waals surface area contributed by atoms with Crippen LogP contribution in [0.3, 0.4) is 0 Å². The van der Waals surface area contributed by atoms with E-state index < -0.39 is 38.2 Å². The molecule has 0 amide bonds. The summed E-state index contributed by atoms with van der Waals surface area (Å²) in [6.07, 6.45) is -3.29. The van der Waals surface area contributed by atoms with Crippen LogP contribution in [0.4, 0.5) is 0 Å². The normalized spacial score (nSPS) is 36.1. The lowest BCUT2D eigenvalue weighted by Crippen LogP contribution is -2.58. The first-order valence-electron chi connectivity index (χ1n) is 6.87. The fourth-order valence-electron chi connectivity index (χ4n) is 1.82. The molecule has 0 saturated carbocycles. The van der Waals surface area contributed by atoms with Crippen molar-refractivity contribution in [1.82, 2.24) is 0 Å². The lowest BCUT2D eigenvalue weighted by molar-refractivity contribution is -0.211. The van der Waals surface area contributed by atoms with E-state index in [0.29, 0.717) is 0 Å². The summed E-state index contributed by atoms with van der Waals surface area (Å²) in [4.78, 5) is 0. The summed E-state index contributed by atoms with van der Waals surface area (Å²) in [7, 11) is -0.459. The molecule has 0 bridgehead atoms. The van der Waals surface area contributed by atoms with E-state index in [9.17, 15) is 10.2 Å². The number of rotatable bonds is 4. The highest BCUT2D eigenvalue weighted by Crippen LogP contribution is 2.37. The predicted octanol–water partition coefficient (Wildman–Crippen LogP) is 1.40. The molecule has 5 atom stereocenters. The van der Waals surface area contributed by atoms with Gasteiger partial charge in [-0.05, 0) is 18.1 Å². The minimum absolute atomic E-state index is 0.0840. The molecular weight excluding hydrogens is 296 g/mol. The monoisotopic (exact) mass is 324 g/mol. The number of aliphatic hydroxyl groups is 2. The molecule has 1 fully saturated rings. The molecule has 0 unspecified atom stereocenters. The third-order valence-electron chi connectivity index (χ3n) is 4.35. The Balaban J connectivity index is 2.65. The van der Waals surface area contributed by atoms with Gasteiger partial charge in [-0.15, -0.1) is 12.6 Å². The van der Waals surface area contributed by atoms with Crippen molar-refractivity contribution < 1.29 is 24.1 Å². The second-order valence-electron chi connectivity index (χ2n) is 6.82. The fraction of sp³-hybridized carbons (Fsp3) is 1.00. The molecule has 0 spiro atoms. The molecule has 0 radical (unpaired) electrons. The molecule has 0 aromatic heterocycles. The van der Waals surface area contributed by atoms with Crippen LogP contribution < -0.4 is 0 Å². The lowest BCUT2D eigenvalue weighted by atomic mass is 10.0. The van der Waals surface area contributed by atoms with Gasteiger partial charge in [-0.1, -0.05) is 20.8 Å². The fourth-order valence-corrected chi connectivity index (χ4v) is 3.29. The van der Waals surface area contributed by atoms with Gasteiger partial charge in [0.15, 0.2) is 8.32 Å². The molecule has 0 aliphatic carbocycles. The zero-order valence-corrected chi connectivity index (χ0v) is 15.1. The van der Waals surface area contributed by atoms with Crippen LogP contribution in [0.25, 0.3) is 0 Å². The third kappa shape index (κ3) is 3.97. The number of thiol groups is 1. The Morgan fingerprint density at radius 3 is 2.20 bits per heavy atom. The van der Waals surface area contributed by atoms with E-state index in [2.05, 4.69) is 46.5 Å². The van der Waals surface area contributed by atoms with Crippen molar-refractivity contribution in [3.8, 4) is 0 Å². The van der Waals surface area contributed by atoms with Gasteiger partial charge in [-0.3, -0.25) is 0 Å². The van der Waals surface area contributed by atoms with Crippen LogP contribution in [0.2, 0.25) is 18.1 Å². The predicted molar refractivity (Wildman–Crippen MR) is 83.6 cm³/mol. The van der Waals surface area contributed by atoms with Crippen molar-refractivity contribution in [1.29, 1.82) is 0 Å². The maximum Gasteiger partial charge on any atom is 0.192 e. The second-order valence-corrected chi connectivity index (χ2v) is 12.1. The van der Waals surface area contributed by atoms with Gasteiger partial charge in [0.1, 0.15) is 29.9 Å². The largest absolute Gasteiger partial charge is 0.414 e. The molecule has 0 aromatic rings. The van der Waals surface area contributed by atoms with Crippen LogP contribution in [-0.4, -0.2) is 62.1 Å². The Hall–Kier alpha value is 0.367. The molecule has 1 rings (SSSR count). The van der Waals surface area contributed by atoms with Gasteiger partial charge in [0.2, 0.25) is 0 Å². The van der Waals surface area contributed by atoms with Crippen LogP contribution in [0.1, 0.15) is 20.8 Å². The number of ether oxygens (including phenoxy) is 2. The smallest absolute Gasteiger partial charge is 0.192 e. The van der Waals surface area contributed by atoms with E-state index in [4.69, 9.17) is 13.9 Å². The molecule has 0 aromatic carbocycles. The van der Waals surface area contributed by atoms with Crippen molar-refractivity contribution in [2.75, 3.05) is 13.7 Å². The van der Waals surface area contributed by atoms with E-state index in [1.807, 2.05) is 0 Å². The Kier molecular flexibility index (Phi) is 6.11. The number of methoxy groups -OCH3 is 1. The average Bonchev–Trinajstić information content (AvgIpc) is 2.31. The molecule has 1 aliphatic heterocycles. The van der Waals surface area contributed by atoms with E-state index >= 15 is 0 Å². The first kappa shape index (κ1) is 18.4. The molecule has 20 heavy (non-hydrogen) atoms. The summed E-state index contributed by atoms with van der Waals surface area (Å²) in [6.45, 7) is 11.0. The quantitative estimate of drug-likeness (QED) is 0.539. The maximum atomic E-state index is 10.1. The van der Waals surface area contributed by atoms with Crippen LogP contribution in [0, 0.1) is 0 Å². The summed E-state index contributed by atoms with van der Waals surface area (Å²) >= 11 is 4.26. The first-order valence-corrected chi connectivity index (χ1v) is 10.3. The number of hydrogen-bond acceptors (Lipinski definition) is 6. The lowest BCUT2D eigenvalue weighted by Gasteiger charge is -2.42. The van der Waals surface area contributed by atoms with Gasteiger partial charge >= 0.3 is 0 Å². The standard InChI is InChI=1S/C13H28O5SSi/c1-13(2,3)20(5,6)17-7-8-9(14)10(15)11(16-4)12(19)18-8/h8-12,14-15,19H,7H2,1-6H3/t8-,9+,10+,11-,12+/m1/s1. The highest BCUT2D eigenvalue weighted by Gasteiger charge is 2.45. The molecular formula is C13H28O5SSi. The Morgan fingerprint density at radius 1 is 1.20 bits per heavy atom. The Morgan fingerprint density at radius 2 is 1.75 bits per heavy atom. The summed E-state index contributed by atoms with van der Waals surface area (Å²) < 4.78 is 16.7. The second kappa shape index (κ2) is 6.64. The molecule has 5 nitrogen and oxygen atoms in total. The minimum atomic E-state index is -1.92. The molecule has 120 valence electrons. The van der Waals surface area contributed by atoms with Crippen molar-refractivity contribution in [3.05, 3.63) is 0 Å². The zero-order valence-electron chi connectivity index (χ0n) is 13.2. The summed E-state index contributed by atoms with van der Waals surface area (Å²) in [5.74, 6) is 0. The van der Waals surface area contributed by atoms with Gasteiger partial charge in [-0.25, -0.2) is 0 Å². The summed E-state index contributed by atoms with van der Waals surface area (Å²) in [5, 5.41) is 20.2. The van der Waals surface area contributed by atoms with Crippen LogP contribution >= 0.6 is 12.6 Å². The van der Waals surface area contributed by atoms with Crippen molar-refractivity contribution in [2.45, 2.75) is 68.8 Å². The zero-order chi connectivity index (χ0) is 15.7. The van der Waals surface area contributed by atoms with Gasteiger partial charge < -0.3 is 24.1 Å². The van der Waals surface area contributed by atoms with E-state index in [0.717, 1.165) is 0 Å². The minimum Gasteiger partial charge on any atom is -0.414 e. The van der Waals surface area contributed by atoms with Crippen LogP contribution in [0.5, 0.6) is 0 Å². The van der Waals surface area contributed by atoms with Crippen LogP contribution in [0.15, 0.2) is 0 Å². The van der Waals surface area contributed by atoms with Crippen molar-refractivity contribution in [3.63, 3.8) is 0 Å². The Labute approximate surface area is 128 Å². The highest BCUT2D eigenvalue weighted by atomic mass is 32.1. The van der Waals surface area contributed by atoms with E-state index in [1.165, 1.54) is 7.11 Å². The molecule has 1 aliphatic rings. The SMILES string of the molecule is CO[C@@H]1[C@@H](O)[C@@H](O)[C@@H](CO[Si](C)(C)C(C)(C)C)O[C@H]1S. The molecule has 1 saturated heterocycles. The van der Waals surface area contributed by atoms with Gasteiger partial charge in [0.05, 0.1) is 6.61 Å². The van der Waals surface area contributed by atoms with E-state index in [1.54, 1.807) is 0 Å². The average molecular weight is 325 g/mol. The first-order chi connectivity index (χ1) is 9.01. The summed E-state index contributed by atoms with van der Waals surface area (Å²) in [6, 6.07) is 0. The highest BCUT2D eigenvalue weighted by molar-refractivity contribution is 7.80. The van der Waals surface area contributed by atoms with Gasteiger partial charge in [-0.2, -0.15) is 0 Å². The topological polar surface area (TPSA) is 68.2 Å². The molecule has 7 heteroatoms. The number of aliphatic hydroxyl groups excluding tert-OH is 2. The van der Waals surface area contributed by atoms with Crippen molar-refractivity contribution in [2.24, 2.45) is 0 Å². The summed E-state index contributed by atoms with van der Waals surface area (Å²) in [5.41, 5.74) is -0.577. The van der Waals surface area contributed by atoms with Crippen LogP contribution in [-0.2, 0) is 13.9 Å². The van der Waals surface area contributed by atoms with E-state index in [-0.39, 0.29) is 11.6 Å². The Bertz CT molecular complexity index is 320. The molecule has 1 heterocycles. The van der Waals surface area contributed by atoms with Gasteiger partial charge in [0.25, 0.3) is 0 Å². The number of hydrogen-bond donors (Lipinski definition) is 3. The maximum absolute atomic E-state index is 10.1. The third-order valence-corrected chi connectivity index (χ3v) is 9.27. The molecule has 2 N–H and O–H groups in total.